The summed E-state index contributed by atoms with van der Waals surface area (Å²) >= 11 is 6.10. The number of nitrogens with zero attached hydrogens (tertiary/aromatic N) is 2. The van der Waals surface area contributed by atoms with Crippen molar-refractivity contribution in [2.75, 3.05) is 5.32 Å². The first kappa shape index (κ1) is 23.1. The van der Waals surface area contributed by atoms with Gasteiger partial charge in [0.15, 0.2) is 0 Å². The van der Waals surface area contributed by atoms with E-state index < -0.39 is 18.2 Å². The van der Waals surface area contributed by atoms with Crippen LogP contribution in [0, 0.1) is 0 Å². The topological polar surface area (TPSA) is 93.4 Å². The van der Waals surface area contributed by atoms with Crippen molar-refractivity contribution < 1.29 is 19.4 Å². The van der Waals surface area contributed by atoms with Crippen LogP contribution in [0.3, 0.4) is 0 Å². The van der Waals surface area contributed by atoms with E-state index in [4.69, 9.17) is 21.4 Å². The Morgan fingerprint density at radius 3 is 2.29 bits per heavy atom. The molecule has 1 amide bonds. The number of carbonyl (C=O) groups excluding carboxylic acids is 1. The van der Waals surface area contributed by atoms with Crippen LogP contribution in [0.5, 0.6) is 0 Å². The second-order valence-corrected chi connectivity index (χ2v) is 8.12. The number of ether oxygens (including phenoxy) is 1. The predicted octanol–water partition coefficient (Wildman–Crippen LogP) is 6.42. The van der Waals surface area contributed by atoms with E-state index in [2.05, 4.69) is 10.3 Å². The molecular weight excluding hydrogens is 454 g/mol. The molecule has 7 nitrogen and oxygen atoms in total. The summed E-state index contributed by atoms with van der Waals surface area (Å²) in [5.41, 5.74) is 4.00. The van der Waals surface area contributed by atoms with E-state index in [1.807, 2.05) is 61.5 Å². The third kappa shape index (κ3) is 4.94. The molecule has 0 saturated carbocycles. The predicted molar refractivity (Wildman–Crippen MR) is 131 cm³/mol. The van der Waals surface area contributed by atoms with E-state index in [-0.39, 0.29) is 10.6 Å². The minimum Gasteiger partial charge on any atom is -0.478 e. The summed E-state index contributed by atoms with van der Waals surface area (Å²) in [6, 6.07) is 21.8. The number of carboxylic acids is 1. The molecule has 0 aliphatic heterocycles. The molecule has 0 saturated heterocycles. The van der Waals surface area contributed by atoms with Crippen LogP contribution in [-0.2, 0) is 11.8 Å². The number of rotatable bonds is 6. The Morgan fingerprint density at radius 2 is 1.65 bits per heavy atom. The molecule has 0 spiro atoms. The van der Waals surface area contributed by atoms with Crippen LogP contribution in [0.25, 0.3) is 22.4 Å². The van der Waals surface area contributed by atoms with Gasteiger partial charge in [-0.15, -0.1) is 0 Å². The number of halogens is 1. The standard InChI is InChI=1S/C26H22ClN3O4/c1-16(17-6-4-3-5-7-17)34-26(33)29-24-23(28-15-30(24)2)19-10-8-18(9-11-19)20-12-13-21(25(31)32)22(27)14-20/h3-16H,1-2H3,(H,29,33)(H,31,32)/t16-/m1/s1. The first-order chi connectivity index (χ1) is 16.3. The van der Waals surface area contributed by atoms with Crippen molar-refractivity contribution in [1.82, 2.24) is 9.55 Å². The fourth-order valence-corrected chi connectivity index (χ4v) is 3.82. The highest BCUT2D eigenvalue weighted by molar-refractivity contribution is 6.33. The first-order valence-electron chi connectivity index (χ1n) is 10.5. The van der Waals surface area contributed by atoms with Gasteiger partial charge in [0.25, 0.3) is 0 Å². The molecule has 1 heterocycles. The van der Waals surface area contributed by atoms with E-state index in [1.54, 1.807) is 30.1 Å². The summed E-state index contributed by atoms with van der Waals surface area (Å²) in [4.78, 5) is 28.2. The van der Waals surface area contributed by atoms with E-state index in [0.717, 1.165) is 22.3 Å². The molecule has 0 aliphatic carbocycles. The minimum absolute atomic E-state index is 0.0553. The highest BCUT2D eigenvalue weighted by Gasteiger charge is 2.18. The number of amides is 1. The first-order valence-corrected chi connectivity index (χ1v) is 10.9. The molecule has 2 N–H and O–H groups in total. The van der Waals surface area contributed by atoms with E-state index in [9.17, 15) is 9.59 Å². The number of carboxylic acid groups (broad SMARTS) is 1. The molecule has 1 atom stereocenters. The van der Waals surface area contributed by atoms with E-state index in [1.165, 1.54) is 6.07 Å². The second-order valence-electron chi connectivity index (χ2n) is 7.71. The zero-order valence-electron chi connectivity index (χ0n) is 18.5. The Kier molecular flexibility index (Phi) is 6.65. The fraction of sp³-hybridized carbons (Fsp3) is 0.115. The van der Waals surface area contributed by atoms with Crippen molar-refractivity contribution in [2.45, 2.75) is 13.0 Å². The second kappa shape index (κ2) is 9.80. The zero-order chi connectivity index (χ0) is 24.2. The van der Waals surface area contributed by atoms with Crippen molar-refractivity contribution in [2.24, 2.45) is 7.05 Å². The quantitative estimate of drug-likeness (QED) is 0.336. The van der Waals surface area contributed by atoms with Crippen LogP contribution in [0.2, 0.25) is 5.02 Å². The number of aromatic carboxylic acids is 1. The lowest BCUT2D eigenvalue weighted by molar-refractivity contribution is 0.0697. The van der Waals surface area contributed by atoms with Gasteiger partial charge in [-0.3, -0.25) is 5.32 Å². The van der Waals surface area contributed by atoms with Crippen molar-refractivity contribution in [1.29, 1.82) is 0 Å². The molecule has 0 radical (unpaired) electrons. The molecule has 0 aliphatic rings. The monoisotopic (exact) mass is 475 g/mol. The smallest absolute Gasteiger partial charge is 0.413 e. The van der Waals surface area contributed by atoms with Gasteiger partial charge in [-0.25, -0.2) is 14.6 Å². The molecule has 3 aromatic carbocycles. The maximum atomic E-state index is 12.5. The van der Waals surface area contributed by atoms with Crippen LogP contribution >= 0.6 is 11.6 Å². The molecule has 4 aromatic rings. The van der Waals surface area contributed by atoms with Gasteiger partial charge < -0.3 is 14.4 Å². The number of imidazole rings is 1. The molecule has 4 rings (SSSR count). The zero-order valence-corrected chi connectivity index (χ0v) is 19.3. The van der Waals surface area contributed by atoms with Gasteiger partial charge in [0.1, 0.15) is 17.6 Å². The van der Waals surface area contributed by atoms with Crippen LogP contribution in [-0.4, -0.2) is 26.7 Å². The molecule has 34 heavy (non-hydrogen) atoms. The number of aromatic nitrogens is 2. The van der Waals surface area contributed by atoms with Gasteiger partial charge in [-0.05, 0) is 35.7 Å². The van der Waals surface area contributed by atoms with Crippen molar-refractivity contribution >= 4 is 29.5 Å². The van der Waals surface area contributed by atoms with Crippen LogP contribution in [0.15, 0.2) is 79.1 Å². The number of nitrogens with one attached hydrogen (secondary N) is 1. The normalized spacial score (nSPS) is 11.6. The summed E-state index contributed by atoms with van der Waals surface area (Å²) in [5.74, 6) is -0.564. The SMILES string of the molecule is C[C@@H](OC(=O)Nc1c(-c2ccc(-c3ccc(C(=O)O)c(Cl)c3)cc2)ncn1C)c1ccccc1. The number of anilines is 1. The lowest BCUT2D eigenvalue weighted by Gasteiger charge is -2.15. The van der Waals surface area contributed by atoms with Gasteiger partial charge in [-0.2, -0.15) is 0 Å². The molecule has 172 valence electrons. The Bertz CT molecular complexity index is 1330. The van der Waals surface area contributed by atoms with Crippen LogP contribution < -0.4 is 5.32 Å². The van der Waals surface area contributed by atoms with Crippen LogP contribution in [0.4, 0.5) is 10.6 Å². The maximum Gasteiger partial charge on any atom is 0.413 e. The number of benzene rings is 3. The lowest BCUT2D eigenvalue weighted by atomic mass is 10.0. The lowest BCUT2D eigenvalue weighted by Crippen LogP contribution is -2.18. The average molecular weight is 476 g/mol. The summed E-state index contributed by atoms with van der Waals surface area (Å²) < 4.78 is 7.24. The highest BCUT2D eigenvalue weighted by Crippen LogP contribution is 2.31. The van der Waals surface area contributed by atoms with Gasteiger partial charge in [0.05, 0.1) is 16.9 Å². The minimum atomic E-state index is -1.07. The van der Waals surface area contributed by atoms with Gasteiger partial charge in [-0.1, -0.05) is 72.3 Å². The van der Waals surface area contributed by atoms with Crippen molar-refractivity contribution in [3.8, 4) is 22.4 Å². The third-order valence-electron chi connectivity index (χ3n) is 5.40. The fourth-order valence-electron chi connectivity index (χ4n) is 3.56. The van der Waals surface area contributed by atoms with E-state index in [0.29, 0.717) is 11.5 Å². The summed E-state index contributed by atoms with van der Waals surface area (Å²) in [5, 5.41) is 12.1. The van der Waals surface area contributed by atoms with Gasteiger partial charge in [0, 0.05) is 12.6 Å². The maximum absolute atomic E-state index is 12.5. The molecule has 0 fully saturated rings. The number of hydrogen-bond donors (Lipinski definition) is 2. The summed E-state index contributed by atoms with van der Waals surface area (Å²) in [6.07, 6.45) is 0.631. The Labute approximate surface area is 201 Å². The number of hydrogen-bond acceptors (Lipinski definition) is 4. The third-order valence-corrected chi connectivity index (χ3v) is 5.71. The molecule has 0 unspecified atom stereocenters. The number of carbonyl (C=O) groups is 2. The Morgan fingerprint density at radius 1 is 1.00 bits per heavy atom. The van der Waals surface area contributed by atoms with Gasteiger partial charge >= 0.3 is 12.1 Å². The van der Waals surface area contributed by atoms with Crippen LogP contribution in [0.1, 0.15) is 28.9 Å². The highest BCUT2D eigenvalue weighted by atomic mass is 35.5. The summed E-state index contributed by atoms with van der Waals surface area (Å²) in [7, 11) is 1.78. The molecule has 0 bridgehead atoms. The van der Waals surface area contributed by atoms with Crippen molar-refractivity contribution in [3.05, 3.63) is 95.3 Å². The van der Waals surface area contributed by atoms with E-state index >= 15 is 0 Å². The average Bonchev–Trinajstić information content (AvgIpc) is 3.19. The summed E-state index contributed by atoms with van der Waals surface area (Å²) in [6.45, 7) is 1.81. The van der Waals surface area contributed by atoms with Crippen molar-refractivity contribution in [3.63, 3.8) is 0 Å². The molecule has 1 aromatic heterocycles. The number of aryl methyl sites for hydroxylation is 1. The Balaban J connectivity index is 1.52. The molecular formula is C26H22ClN3O4. The van der Waals surface area contributed by atoms with Gasteiger partial charge in [0.2, 0.25) is 0 Å². The largest absolute Gasteiger partial charge is 0.478 e. The Hall–Kier alpha value is -4.10. The molecule has 8 heteroatoms.